The van der Waals surface area contributed by atoms with Crippen LogP contribution in [0.5, 0.6) is 0 Å². The molecule has 2 rings (SSSR count). The van der Waals surface area contributed by atoms with Gasteiger partial charge in [-0.1, -0.05) is 23.4 Å². The van der Waals surface area contributed by atoms with E-state index >= 15 is 0 Å². The first-order valence-electron chi connectivity index (χ1n) is 5.46. The van der Waals surface area contributed by atoms with Crippen LogP contribution in [-0.2, 0) is 7.05 Å². The Bertz CT molecular complexity index is 607. The number of aromatic nitrogens is 2. The van der Waals surface area contributed by atoms with Crippen molar-refractivity contribution in [1.29, 1.82) is 0 Å². The van der Waals surface area contributed by atoms with Crippen LogP contribution >= 0.6 is 23.4 Å². The molecule has 0 amide bonds. The molecule has 0 spiro atoms. The fourth-order valence-corrected chi connectivity index (χ4v) is 2.98. The van der Waals surface area contributed by atoms with Crippen LogP contribution in [-0.4, -0.2) is 15.6 Å². The van der Waals surface area contributed by atoms with Crippen LogP contribution in [0.3, 0.4) is 0 Å². The van der Waals surface area contributed by atoms with Crippen molar-refractivity contribution in [3.05, 3.63) is 40.5 Å². The minimum atomic E-state index is -0.0204. The van der Waals surface area contributed by atoms with E-state index in [1.54, 1.807) is 17.8 Å². The molecule has 0 fully saturated rings. The normalized spacial score (nSPS) is 10.7. The van der Waals surface area contributed by atoms with Crippen LogP contribution in [0.2, 0.25) is 5.02 Å². The van der Waals surface area contributed by atoms with E-state index in [4.69, 9.17) is 11.6 Å². The van der Waals surface area contributed by atoms with Crippen LogP contribution in [0.4, 0.5) is 0 Å². The molecule has 94 valence electrons. The smallest absolute Gasteiger partial charge is 0.161 e. The van der Waals surface area contributed by atoms with Gasteiger partial charge < -0.3 is 0 Å². The van der Waals surface area contributed by atoms with E-state index in [2.05, 4.69) is 5.10 Å². The Morgan fingerprint density at radius 2 is 2.11 bits per heavy atom. The number of ketones is 1. The van der Waals surface area contributed by atoms with Gasteiger partial charge in [-0.25, -0.2) is 0 Å². The predicted octanol–water partition coefficient (Wildman–Crippen LogP) is 3.74. The Morgan fingerprint density at radius 3 is 2.61 bits per heavy atom. The third-order valence-electron chi connectivity index (χ3n) is 2.50. The molecule has 0 bridgehead atoms. The number of carbonyl (C=O) groups is 1. The topological polar surface area (TPSA) is 34.9 Å². The number of aryl methyl sites for hydroxylation is 2. The molecule has 0 saturated carbocycles. The third kappa shape index (κ3) is 2.76. The van der Waals surface area contributed by atoms with Crippen molar-refractivity contribution in [3.63, 3.8) is 0 Å². The number of rotatable bonds is 3. The average Bonchev–Trinajstić information content (AvgIpc) is 2.57. The molecular weight excluding hydrogens is 268 g/mol. The van der Waals surface area contributed by atoms with Gasteiger partial charge in [-0.05, 0) is 38.1 Å². The summed E-state index contributed by atoms with van der Waals surface area (Å²) in [6.07, 6.45) is 0. The maximum atomic E-state index is 11.3. The van der Waals surface area contributed by atoms with Gasteiger partial charge in [-0.2, -0.15) is 5.10 Å². The molecule has 3 nitrogen and oxygen atoms in total. The number of carbonyl (C=O) groups excluding carboxylic acids is 1. The van der Waals surface area contributed by atoms with Gasteiger partial charge in [0.15, 0.2) is 5.78 Å². The van der Waals surface area contributed by atoms with Crippen molar-refractivity contribution in [2.24, 2.45) is 7.05 Å². The summed E-state index contributed by atoms with van der Waals surface area (Å²) in [6.45, 7) is 3.47. The predicted molar refractivity (Wildman–Crippen MR) is 73.5 cm³/mol. The Morgan fingerprint density at radius 1 is 1.39 bits per heavy atom. The first kappa shape index (κ1) is 13.2. The number of halogens is 1. The summed E-state index contributed by atoms with van der Waals surface area (Å²) in [5.41, 5.74) is 1.54. The molecule has 0 atom stereocenters. The SMILES string of the molecule is CC(=O)c1ccc(Sc2cc(C)nn2C)cc1Cl. The summed E-state index contributed by atoms with van der Waals surface area (Å²) < 4.78 is 1.83. The van der Waals surface area contributed by atoms with Crippen molar-refractivity contribution in [2.45, 2.75) is 23.8 Å². The lowest BCUT2D eigenvalue weighted by Gasteiger charge is -2.04. The van der Waals surface area contributed by atoms with Gasteiger partial charge in [0.05, 0.1) is 15.7 Å². The van der Waals surface area contributed by atoms with Gasteiger partial charge >= 0.3 is 0 Å². The van der Waals surface area contributed by atoms with Crippen LogP contribution in [0.1, 0.15) is 23.0 Å². The zero-order chi connectivity index (χ0) is 13.3. The Labute approximate surface area is 115 Å². The highest BCUT2D eigenvalue weighted by Gasteiger charge is 2.09. The van der Waals surface area contributed by atoms with E-state index in [0.717, 1.165) is 15.6 Å². The summed E-state index contributed by atoms with van der Waals surface area (Å²) in [5.74, 6) is -0.0204. The summed E-state index contributed by atoms with van der Waals surface area (Å²) in [5, 5.41) is 5.82. The molecule has 2 aromatic rings. The zero-order valence-electron chi connectivity index (χ0n) is 10.4. The first-order chi connectivity index (χ1) is 8.47. The second-order valence-electron chi connectivity index (χ2n) is 4.05. The van der Waals surface area contributed by atoms with Gasteiger partial charge in [-0.15, -0.1) is 0 Å². The zero-order valence-corrected chi connectivity index (χ0v) is 12.0. The van der Waals surface area contributed by atoms with Crippen molar-refractivity contribution in [2.75, 3.05) is 0 Å². The second kappa shape index (κ2) is 5.16. The molecule has 0 radical (unpaired) electrons. The molecule has 0 unspecified atom stereocenters. The van der Waals surface area contributed by atoms with Crippen molar-refractivity contribution in [1.82, 2.24) is 9.78 Å². The van der Waals surface area contributed by atoms with Crippen LogP contribution < -0.4 is 0 Å². The molecule has 5 heteroatoms. The minimum Gasteiger partial charge on any atom is -0.294 e. The third-order valence-corrected chi connectivity index (χ3v) is 3.89. The highest BCUT2D eigenvalue weighted by atomic mass is 35.5. The van der Waals surface area contributed by atoms with Crippen molar-refractivity contribution >= 4 is 29.1 Å². The molecule has 0 saturated heterocycles. The van der Waals surface area contributed by atoms with E-state index in [1.807, 2.05) is 36.9 Å². The molecule has 0 N–H and O–H groups in total. The van der Waals surface area contributed by atoms with Crippen LogP contribution in [0.25, 0.3) is 0 Å². The lowest BCUT2D eigenvalue weighted by Crippen LogP contribution is -1.94. The number of nitrogens with zero attached hydrogens (tertiary/aromatic N) is 2. The summed E-state index contributed by atoms with van der Waals surface area (Å²) in [6, 6.07) is 7.48. The van der Waals surface area contributed by atoms with Crippen molar-refractivity contribution < 1.29 is 4.79 Å². The largest absolute Gasteiger partial charge is 0.294 e. The Hall–Kier alpha value is -1.26. The molecule has 1 aromatic heterocycles. The number of hydrogen-bond donors (Lipinski definition) is 0. The number of benzene rings is 1. The van der Waals surface area contributed by atoms with E-state index in [1.165, 1.54) is 6.92 Å². The summed E-state index contributed by atoms with van der Waals surface area (Å²) in [4.78, 5) is 12.3. The highest BCUT2D eigenvalue weighted by molar-refractivity contribution is 7.99. The second-order valence-corrected chi connectivity index (χ2v) is 5.55. The lowest BCUT2D eigenvalue weighted by molar-refractivity contribution is 0.101. The summed E-state index contributed by atoms with van der Waals surface area (Å²) in [7, 11) is 1.90. The van der Waals surface area contributed by atoms with E-state index < -0.39 is 0 Å². The van der Waals surface area contributed by atoms with Crippen LogP contribution in [0, 0.1) is 6.92 Å². The van der Waals surface area contributed by atoms with Gasteiger partial charge in [0, 0.05) is 17.5 Å². The minimum absolute atomic E-state index is 0.0204. The Kier molecular flexibility index (Phi) is 3.78. The average molecular weight is 281 g/mol. The van der Waals surface area contributed by atoms with E-state index in [9.17, 15) is 4.79 Å². The highest BCUT2D eigenvalue weighted by Crippen LogP contribution is 2.31. The van der Waals surface area contributed by atoms with Gasteiger partial charge in [0.25, 0.3) is 0 Å². The monoisotopic (exact) mass is 280 g/mol. The van der Waals surface area contributed by atoms with Gasteiger partial charge in [-0.3, -0.25) is 9.48 Å². The van der Waals surface area contributed by atoms with E-state index in [-0.39, 0.29) is 5.78 Å². The fraction of sp³-hybridized carbons (Fsp3) is 0.231. The maximum Gasteiger partial charge on any atom is 0.161 e. The maximum absolute atomic E-state index is 11.3. The van der Waals surface area contributed by atoms with Crippen molar-refractivity contribution in [3.8, 4) is 0 Å². The standard InChI is InChI=1S/C13H13ClN2OS/c1-8-6-13(16(3)15-8)18-10-4-5-11(9(2)17)12(14)7-10/h4-7H,1-3H3. The molecule has 0 aliphatic rings. The molecule has 0 aliphatic heterocycles. The molecular formula is C13H13ClN2OS. The van der Waals surface area contributed by atoms with E-state index in [0.29, 0.717) is 10.6 Å². The summed E-state index contributed by atoms with van der Waals surface area (Å²) >= 11 is 7.65. The molecule has 1 heterocycles. The van der Waals surface area contributed by atoms with Gasteiger partial charge in [0.1, 0.15) is 0 Å². The van der Waals surface area contributed by atoms with Gasteiger partial charge in [0.2, 0.25) is 0 Å². The Balaban J connectivity index is 2.28. The first-order valence-corrected chi connectivity index (χ1v) is 6.66. The van der Waals surface area contributed by atoms with Crippen LogP contribution in [0.15, 0.2) is 34.2 Å². The lowest BCUT2D eigenvalue weighted by atomic mass is 10.1. The molecule has 18 heavy (non-hydrogen) atoms. The molecule has 1 aromatic carbocycles. The quantitative estimate of drug-likeness (QED) is 0.804. The number of Topliss-reactive ketones (excluding diaryl/α,β-unsaturated/α-hetero) is 1. The number of hydrogen-bond acceptors (Lipinski definition) is 3. The molecule has 0 aliphatic carbocycles. The fourth-order valence-electron chi connectivity index (χ4n) is 1.65.